The Morgan fingerprint density at radius 2 is 0.750 bits per heavy atom. The van der Waals surface area contributed by atoms with Gasteiger partial charge < -0.3 is 45.1 Å². The molecule has 11 heteroatoms. The first-order valence-corrected chi connectivity index (χ1v) is 38.5. The summed E-state index contributed by atoms with van der Waals surface area (Å²) in [6, 6.07) is -1.03. The third kappa shape index (κ3) is 53.8. The van der Waals surface area contributed by atoms with Crippen molar-refractivity contribution >= 4 is 11.9 Å². The highest BCUT2D eigenvalue weighted by atomic mass is 16.7. The van der Waals surface area contributed by atoms with Gasteiger partial charge in [0.1, 0.15) is 24.4 Å². The van der Waals surface area contributed by atoms with Gasteiger partial charge in [-0.05, 0) is 109 Å². The van der Waals surface area contributed by atoms with Gasteiger partial charge in [0.05, 0.1) is 25.4 Å². The van der Waals surface area contributed by atoms with Crippen LogP contribution in [-0.4, -0.2) is 99.6 Å². The number of esters is 1. The number of amides is 1. The van der Waals surface area contributed by atoms with Crippen LogP contribution in [0.1, 0.15) is 342 Å². The molecule has 0 saturated carbocycles. The monoisotopic (exact) mass is 1290 g/mol. The second kappa shape index (κ2) is 67.6. The van der Waals surface area contributed by atoms with E-state index >= 15 is 0 Å². The molecule has 8 unspecified atom stereocenters. The van der Waals surface area contributed by atoms with Crippen LogP contribution in [-0.2, 0) is 23.8 Å². The smallest absolute Gasteiger partial charge is 0.306 e. The van der Waals surface area contributed by atoms with Crippen molar-refractivity contribution in [3.05, 3.63) is 97.2 Å². The molecule has 1 amide bonds. The van der Waals surface area contributed by atoms with Gasteiger partial charge in [0, 0.05) is 6.42 Å². The standard InChI is InChI=1S/C81H143NO10/c1-4-7-10-13-16-19-22-25-27-29-31-33-35-37-39-40-42-44-46-48-50-53-56-59-62-65-68-74(85)80(89)82-72(73(84)67-64-61-58-55-52-24-21-18-15-12-9-6-3)71-90-81-79(78(88)77(87)75(70-83)91-81)92-76(86)69-66-63-60-57-54-51-49-47-45-43-41-38-36-34-32-30-28-26-23-20-17-14-11-8-5-2/h16-17,19-20,25-28,31-34,37,39,64,67,72-75,77-79,81,83-85,87-88H,4-15,18,21-24,29-30,35-36,38,40-63,65-66,68-71H2,1-3H3,(H,82,89)/b19-16-,20-17-,27-25-,28-26-,33-31-,34-32-,39-37-,67-64+. The predicted molar refractivity (Wildman–Crippen MR) is 389 cm³/mol. The second-order valence-electron chi connectivity index (χ2n) is 26.4. The molecule has 1 aliphatic rings. The molecule has 0 bridgehead atoms. The summed E-state index contributed by atoms with van der Waals surface area (Å²) in [6.07, 6.45) is 81.6. The zero-order valence-electron chi connectivity index (χ0n) is 59.4. The first kappa shape index (κ1) is 86.6. The van der Waals surface area contributed by atoms with E-state index in [0.29, 0.717) is 12.8 Å². The van der Waals surface area contributed by atoms with Crippen LogP contribution < -0.4 is 5.32 Å². The Hall–Kier alpha value is -3.42. The molecule has 11 nitrogen and oxygen atoms in total. The number of ether oxygens (including phenoxy) is 3. The zero-order chi connectivity index (χ0) is 66.7. The molecule has 8 atom stereocenters. The average molecular weight is 1290 g/mol. The number of aliphatic hydroxyl groups is 5. The van der Waals surface area contributed by atoms with Gasteiger partial charge >= 0.3 is 5.97 Å². The Morgan fingerprint density at radius 3 is 1.14 bits per heavy atom. The van der Waals surface area contributed by atoms with Crippen LogP contribution in [0.15, 0.2) is 97.2 Å². The number of hydrogen-bond donors (Lipinski definition) is 6. The first-order valence-electron chi connectivity index (χ1n) is 38.5. The summed E-state index contributed by atoms with van der Waals surface area (Å²) in [6.45, 7) is 5.77. The summed E-state index contributed by atoms with van der Waals surface area (Å²) in [7, 11) is 0. The van der Waals surface area contributed by atoms with Crippen molar-refractivity contribution in [2.45, 2.75) is 391 Å². The summed E-state index contributed by atoms with van der Waals surface area (Å²) in [5.74, 6) is -1.19. The summed E-state index contributed by atoms with van der Waals surface area (Å²) in [5, 5.41) is 57.4. The van der Waals surface area contributed by atoms with Crippen molar-refractivity contribution in [3.63, 3.8) is 0 Å². The molecule has 92 heavy (non-hydrogen) atoms. The van der Waals surface area contributed by atoms with E-state index < -0.39 is 67.4 Å². The highest BCUT2D eigenvalue weighted by Crippen LogP contribution is 2.26. The zero-order valence-corrected chi connectivity index (χ0v) is 59.4. The first-order chi connectivity index (χ1) is 45.2. The van der Waals surface area contributed by atoms with E-state index in [9.17, 15) is 35.1 Å². The number of carbonyl (C=O) groups is 2. The lowest BCUT2D eigenvalue weighted by atomic mass is 9.99. The number of rotatable bonds is 66. The quantitative estimate of drug-likeness (QED) is 0.0195. The van der Waals surface area contributed by atoms with Crippen LogP contribution in [0.2, 0.25) is 0 Å². The minimum atomic E-state index is -1.62. The number of aliphatic hydroxyl groups excluding tert-OH is 5. The summed E-state index contributed by atoms with van der Waals surface area (Å²) >= 11 is 0. The Morgan fingerprint density at radius 1 is 0.424 bits per heavy atom. The molecule has 0 radical (unpaired) electrons. The average Bonchev–Trinajstić information content (AvgIpc) is 0.881. The Bertz CT molecular complexity index is 1870. The Kier molecular flexibility index (Phi) is 63.6. The number of carbonyl (C=O) groups excluding carboxylic acids is 2. The molecule has 0 aromatic rings. The van der Waals surface area contributed by atoms with E-state index in [2.05, 4.69) is 111 Å². The Labute approximate surface area is 565 Å². The molecule has 1 fully saturated rings. The van der Waals surface area contributed by atoms with E-state index in [4.69, 9.17) is 14.2 Å². The van der Waals surface area contributed by atoms with Crippen molar-refractivity contribution in [1.82, 2.24) is 5.32 Å². The predicted octanol–water partition coefficient (Wildman–Crippen LogP) is 20.6. The highest BCUT2D eigenvalue weighted by molar-refractivity contribution is 5.80. The van der Waals surface area contributed by atoms with Gasteiger partial charge in [-0.15, -0.1) is 0 Å². The lowest BCUT2D eigenvalue weighted by molar-refractivity contribution is -0.305. The van der Waals surface area contributed by atoms with Crippen molar-refractivity contribution in [3.8, 4) is 0 Å². The van der Waals surface area contributed by atoms with Crippen molar-refractivity contribution in [2.75, 3.05) is 13.2 Å². The lowest BCUT2D eigenvalue weighted by Gasteiger charge is -2.41. The van der Waals surface area contributed by atoms with Gasteiger partial charge in [0.15, 0.2) is 12.4 Å². The molecular formula is C81H143NO10. The maximum atomic E-state index is 13.5. The van der Waals surface area contributed by atoms with E-state index in [-0.39, 0.29) is 19.4 Å². The minimum Gasteiger partial charge on any atom is -0.454 e. The summed E-state index contributed by atoms with van der Waals surface area (Å²) < 4.78 is 17.7. The molecule has 1 saturated heterocycles. The number of hydrogen-bond acceptors (Lipinski definition) is 10. The second-order valence-corrected chi connectivity index (χ2v) is 26.4. The van der Waals surface area contributed by atoms with E-state index in [1.54, 1.807) is 6.08 Å². The van der Waals surface area contributed by atoms with Crippen molar-refractivity contribution < 1.29 is 49.3 Å². The molecule has 0 spiro atoms. The van der Waals surface area contributed by atoms with Gasteiger partial charge in [-0.25, -0.2) is 0 Å². The normalized spacial score (nSPS) is 18.5. The largest absolute Gasteiger partial charge is 0.454 e. The molecule has 532 valence electrons. The third-order valence-corrected chi connectivity index (χ3v) is 17.7. The molecule has 0 aromatic heterocycles. The number of unbranched alkanes of at least 4 members (excludes halogenated alkanes) is 38. The maximum absolute atomic E-state index is 13.5. The number of allylic oxidation sites excluding steroid dienone is 15. The van der Waals surface area contributed by atoms with Crippen LogP contribution in [0, 0.1) is 0 Å². The fourth-order valence-electron chi connectivity index (χ4n) is 11.6. The van der Waals surface area contributed by atoms with Gasteiger partial charge in [-0.3, -0.25) is 9.59 Å². The third-order valence-electron chi connectivity index (χ3n) is 17.7. The summed E-state index contributed by atoms with van der Waals surface area (Å²) in [5.41, 5.74) is 0. The van der Waals surface area contributed by atoms with Gasteiger partial charge in [0.2, 0.25) is 5.91 Å². The van der Waals surface area contributed by atoms with Crippen molar-refractivity contribution in [1.29, 1.82) is 0 Å². The molecular weight excluding hydrogens is 1150 g/mol. The topological polar surface area (TPSA) is 175 Å². The fourth-order valence-corrected chi connectivity index (χ4v) is 11.6. The molecule has 1 aliphatic heterocycles. The molecule has 6 N–H and O–H groups in total. The van der Waals surface area contributed by atoms with Gasteiger partial charge in [0.25, 0.3) is 0 Å². The van der Waals surface area contributed by atoms with E-state index in [1.807, 2.05) is 6.08 Å². The van der Waals surface area contributed by atoms with Crippen LogP contribution in [0.3, 0.4) is 0 Å². The van der Waals surface area contributed by atoms with Crippen LogP contribution in [0.4, 0.5) is 0 Å². The van der Waals surface area contributed by atoms with E-state index in [1.165, 1.54) is 199 Å². The molecule has 0 aliphatic carbocycles. The van der Waals surface area contributed by atoms with Crippen LogP contribution in [0.25, 0.3) is 0 Å². The van der Waals surface area contributed by atoms with Gasteiger partial charge in [-0.2, -0.15) is 0 Å². The SMILES string of the molecule is CCCCC/C=C\C/C=C\C/C=C\C/C=C\CCCCCCCCCCCCC(O)C(=O)NC(COC1OC(CO)C(O)C(O)C1OC(=O)CCCCCCCCCCCCCC/C=C\C/C=C\C/C=C\CCCCC)C(O)/C=C/CCCCCCCCCCCC. The van der Waals surface area contributed by atoms with Crippen LogP contribution >= 0.6 is 0 Å². The highest BCUT2D eigenvalue weighted by Gasteiger charge is 2.47. The summed E-state index contributed by atoms with van der Waals surface area (Å²) in [4.78, 5) is 26.8. The maximum Gasteiger partial charge on any atom is 0.306 e. The van der Waals surface area contributed by atoms with Gasteiger partial charge in [-0.1, -0.05) is 323 Å². The lowest BCUT2D eigenvalue weighted by Crippen LogP contribution is -2.61. The molecule has 1 heterocycles. The fraction of sp³-hybridized carbons (Fsp3) is 0.778. The minimum absolute atomic E-state index is 0.118. The molecule has 1 rings (SSSR count). The Balaban J connectivity index is 2.53. The van der Waals surface area contributed by atoms with Crippen LogP contribution in [0.5, 0.6) is 0 Å². The van der Waals surface area contributed by atoms with E-state index in [0.717, 1.165) is 96.3 Å². The number of nitrogens with one attached hydrogen (secondary N) is 1. The molecule has 0 aromatic carbocycles. The van der Waals surface area contributed by atoms with Crippen molar-refractivity contribution in [2.24, 2.45) is 0 Å².